The van der Waals surface area contributed by atoms with Gasteiger partial charge in [0.2, 0.25) is 0 Å². The number of halogens is 3. The number of nitrogens with zero attached hydrogens (tertiary/aromatic N) is 1. The molecular weight excluding hydrogens is 375 g/mol. The van der Waals surface area contributed by atoms with E-state index in [-0.39, 0.29) is 16.7 Å². The molecule has 156 valence electrons. The number of benzene rings is 2. The van der Waals surface area contributed by atoms with E-state index >= 15 is 0 Å². The SMILES string of the molecule is CC(C)(C)c1ccc2c(c1)N(CC(F)(F)F)C(=O)c1ccccc1C2C(C)(C)C. The Kier molecular flexibility index (Phi) is 5.09. The second-order valence-corrected chi connectivity index (χ2v) is 9.92. The summed E-state index contributed by atoms with van der Waals surface area (Å²) in [5, 5.41) is 0. The van der Waals surface area contributed by atoms with Gasteiger partial charge in [-0.2, -0.15) is 13.2 Å². The van der Waals surface area contributed by atoms with E-state index in [1.165, 1.54) is 0 Å². The fourth-order valence-electron chi connectivity index (χ4n) is 4.12. The average molecular weight is 403 g/mol. The number of amides is 1. The highest BCUT2D eigenvalue weighted by molar-refractivity contribution is 6.09. The lowest BCUT2D eigenvalue weighted by Crippen LogP contribution is -2.39. The Hall–Kier alpha value is -2.30. The molecule has 3 rings (SSSR count). The maximum Gasteiger partial charge on any atom is 0.406 e. The highest BCUT2D eigenvalue weighted by Gasteiger charge is 2.42. The highest BCUT2D eigenvalue weighted by Crippen LogP contribution is 2.48. The van der Waals surface area contributed by atoms with Crippen LogP contribution in [0.15, 0.2) is 42.5 Å². The Labute approximate surface area is 170 Å². The Balaban J connectivity index is 2.37. The first kappa shape index (κ1) is 21.4. The number of hydrogen-bond donors (Lipinski definition) is 0. The fourth-order valence-corrected chi connectivity index (χ4v) is 4.12. The number of anilines is 1. The molecule has 0 aromatic heterocycles. The Morgan fingerprint density at radius 2 is 1.52 bits per heavy atom. The van der Waals surface area contributed by atoms with Gasteiger partial charge in [-0.3, -0.25) is 9.69 Å². The monoisotopic (exact) mass is 403 g/mol. The minimum Gasteiger partial charge on any atom is -0.299 e. The standard InChI is InChI=1S/C24H28F3NO/c1-22(2,3)15-11-12-18-19(13-15)28(14-24(25,26)27)21(29)17-10-8-7-9-16(17)20(18)23(4,5)6/h7-13,20H,14H2,1-6H3. The molecule has 1 aliphatic heterocycles. The Morgan fingerprint density at radius 3 is 2.07 bits per heavy atom. The molecule has 0 saturated carbocycles. The van der Waals surface area contributed by atoms with Crippen LogP contribution >= 0.6 is 0 Å². The van der Waals surface area contributed by atoms with Crippen molar-refractivity contribution in [1.82, 2.24) is 0 Å². The number of alkyl halides is 3. The summed E-state index contributed by atoms with van der Waals surface area (Å²) in [7, 11) is 0. The third-order valence-corrected chi connectivity index (χ3v) is 5.45. The van der Waals surface area contributed by atoms with Crippen LogP contribution < -0.4 is 4.90 Å². The number of carbonyl (C=O) groups is 1. The largest absolute Gasteiger partial charge is 0.406 e. The first-order valence-corrected chi connectivity index (χ1v) is 9.82. The summed E-state index contributed by atoms with van der Waals surface area (Å²) in [4.78, 5) is 14.2. The van der Waals surface area contributed by atoms with Gasteiger partial charge >= 0.3 is 6.18 Å². The van der Waals surface area contributed by atoms with Crippen LogP contribution in [0.1, 0.15) is 74.5 Å². The van der Waals surface area contributed by atoms with Crippen LogP contribution in [0.25, 0.3) is 0 Å². The molecule has 1 atom stereocenters. The van der Waals surface area contributed by atoms with Crippen LogP contribution in [0.4, 0.5) is 18.9 Å². The molecule has 0 bridgehead atoms. The van der Waals surface area contributed by atoms with Crippen molar-refractivity contribution in [3.05, 3.63) is 64.7 Å². The molecule has 0 fully saturated rings. The molecule has 1 amide bonds. The van der Waals surface area contributed by atoms with Crippen LogP contribution in [0.3, 0.4) is 0 Å². The minimum atomic E-state index is -4.50. The van der Waals surface area contributed by atoms with Gasteiger partial charge in [0.05, 0.1) is 0 Å². The summed E-state index contributed by atoms with van der Waals surface area (Å²) in [6.07, 6.45) is -4.50. The van der Waals surface area contributed by atoms with Gasteiger partial charge in [0.1, 0.15) is 6.54 Å². The van der Waals surface area contributed by atoms with Gasteiger partial charge in [-0.1, -0.05) is 71.9 Å². The molecule has 1 heterocycles. The molecule has 2 aromatic carbocycles. The van der Waals surface area contributed by atoms with Crippen molar-refractivity contribution >= 4 is 11.6 Å². The smallest absolute Gasteiger partial charge is 0.299 e. The first-order chi connectivity index (χ1) is 13.2. The van der Waals surface area contributed by atoms with Crippen molar-refractivity contribution in [2.24, 2.45) is 5.41 Å². The molecule has 0 spiro atoms. The molecule has 2 aromatic rings. The molecule has 0 saturated heterocycles. The summed E-state index contributed by atoms with van der Waals surface area (Å²) in [6.45, 7) is 10.9. The quantitative estimate of drug-likeness (QED) is 0.520. The number of rotatable bonds is 1. The third-order valence-electron chi connectivity index (χ3n) is 5.45. The van der Waals surface area contributed by atoms with Crippen molar-refractivity contribution < 1.29 is 18.0 Å². The molecular formula is C24H28F3NO. The van der Waals surface area contributed by atoms with E-state index in [1.54, 1.807) is 18.2 Å². The molecule has 0 aliphatic carbocycles. The van der Waals surface area contributed by atoms with E-state index in [0.29, 0.717) is 11.3 Å². The molecule has 1 unspecified atom stereocenters. The summed E-state index contributed by atoms with van der Waals surface area (Å²) < 4.78 is 40.5. The predicted octanol–water partition coefficient (Wildman–Crippen LogP) is 6.68. The van der Waals surface area contributed by atoms with Crippen LogP contribution in [0.2, 0.25) is 0 Å². The predicted molar refractivity (Wildman–Crippen MR) is 111 cm³/mol. The summed E-state index contributed by atoms with van der Waals surface area (Å²) in [6, 6.07) is 12.7. The lowest BCUT2D eigenvalue weighted by atomic mass is 9.71. The normalized spacial score (nSPS) is 17.6. The fraction of sp³-hybridized carbons (Fsp3) is 0.458. The van der Waals surface area contributed by atoms with Crippen LogP contribution in [-0.4, -0.2) is 18.6 Å². The van der Waals surface area contributed by atoms with E-state index in [2.05, 4.69) is 20.8 Å². The zero-order valence-electron chi connectivity index (χ0n) is 17.8. The maximum absolute atomic E-state index is 13.5. The minimum absolute atomic E-state index is 0.204. The molecule has 1 aliphatic rings. The van der Waals surface area contributed by atoms with Gasteiger partial charge in [-0.05, 0) is 39.7 Å². The molecule has 0 radical (unpaired) electrons. The maximum atomic E-state index is 13.5. The lowest BCUT2D eigenvalue weighted by Gasteiger charge is -2.34. The summed E-state index contributed by atoms with van der Waals surface area (Å²) >= 11 is 0. The van der Waals surface area contributed by atoms with E-state index in [1.807, 2.05) is 45.0 Å². The zero-order valence-corrected chi connectivity index (χ0v) is 17.8. The van der Waals surface area contributed by atoms with Gasteiger partial charge in [-0.15, -0.1) is 0 Å². The van der Waals surface area contributed by atoms with Crippen molar-refractivity contribution in [2.45, 2.75) is 59.1 Å². The summed E-state index contributed by atoms with van der Waals surface area (Å²) in [5.74, 6) is -0.804. The molecule has 0 N–H and O–H groups in total. The molecule has 5 heteroatoms. The van der Waals surface area contributed by atoms with Crippen molar-refractivity contribution in [3.63, 3.8) is 0 Å². The lowest BCUT2D eigenvalue weighted by molar-refractivity contribution is -0.118. The number of hydrogen-bond acceptors (Lipinski definition) is 1. The summed E-state index contributed by atoms with van der Waals surface area (Å²) in [5.41, 5.74) is 2.59. The topological polar surface area (TPSA) is 20.3 Å². The zero-order chi connectivity index (χ0) is 21.8. The van der Waals surface area contributed by atoms with E-state index in [4.69, 9.17) is 0 Å². The number of fused-ring (bicyclic) bond motifs is 2. The highest BCUT2D eigenvalue weighted by atomic mass is 19.4. The van der Waals surface area contributed by atoms with Crippen molar-refractivity contribution in [1.29, 1.82) is 0 Å². The molecule has 29 heavy (non-hydrogen) atoms. The van der Waals surface area contributed by atoms with Crippen LogP contribution in [-0.2, 0) is 5.41 Å². The van der Waals surface area contributed by atoms with Gasteiger partial charge in [-0.25, -0.2) is 0 Å². The first-order valence-electron chi connectivity index (χ1n) is 9.82. The second kappa shape index (κ2) is 6.89. The molecule has 2 nitrogen and oxygen atoms in total. The average Bonchev–Trinajstić information content (AvgIpc) is 2.66. The van der Waals surface area contributed by atoms with Crippen molar-refractivity contribution in [3.8, 4) is 0 Å². The van der Waals surface area contributed by atoms with Crippen LogP contribution in [0, 0.1) is 5.41 Å². The van der Waals surface area contributed by atoms with Crippen LogP contribution in [0.5, 0.6) is 0 Å². The Morgan fingerprint density at radius 1 is 0.897 bits per heavy atom. The van der Waals surface area contributed by atoms with E-state index in [0.717, 1.165) is 21.6 Å². The van der Waals surface area contributed by atoms with Gasteiger partial charge in [0.15, 0.2) is 0 Å². The van der Waals surface area contributed by atoms with Gasteiger partial charge < -0.3 is 0 Å². The third kappa shape index (κ3) is 4.19. The van der Waals surface area contributed by atoms with Gasteiger partial charge in [0.25, 0.3) is 5.91 Å². The number of carbonyl (C=O) groups excluding carboxylic acids is 1. The van der Waals surface area contributed by atoms with Crippen molar-refractivity contribution in [2.75, 3.05) is 11.4 Å². The Bertz CT molecular complexity index is 932. The van der Waals surface area contributed by atoms with E-state index in [9.17, 15) is 18.0 Å². The second-order valence-electron chi connectivity index (χ2n) is 9.92. The van der Waals surface area contributed by atoms with Gasteiger partial charge in [0, 0.05) is 17.2 Å². The van der Waals surface area contributed by atoms with E-state index < -0.39 is 18.6 Å².